The molecule has 0 unspecified atom stereocenters. The lowest BCUT2D eigenvalue weighted by atomic mass is 10.1. The molecule has 6 heteroatoms. The van der Waals surface area contributed by atoms with Crippen LogP contribution in [-0.2, 0) is 4.74 Å². The number of aromatic nitrogens is 1. The number of halogens is 2. The standard InChI is InChI=1S/C14H11ClFNO3/c1-8-6-7-17-13(11(8)14(18)19-2)20-12-9(15)4-3-5-10(12)16/h3-7H,1-2H3. The van der Waals surface area contributed by atoms with Gasteiger partial charge in [0.05, 0.1) is 12.1 Å². The number of para-hydroxylation sites is 1. The van der Waals surface area contributed by atoms with E-state index in [2.05, 4.69) is 9.72 Å². The molecule has 4 nitrogen and oxygen atoms in total. The fraction of sp³-hybridized carbons (Fsp3) is 0.143. The van der Waals surface area contributed by atoms with Gasteiger partial charge in [-0.3, -0.25) is 0 Å². The number of pyridine rings is 1. The molecule has 0 amide bonds. The maximum absolute atomic E-state index is 13.7. The van der Waals surface area contributed by atoms with E-state index in [1.54, 1.807) is 13.0 Å². The summed E-state index contributed by atoms with van der Waals surface area (Å²) >= 11 is 5.88. The highest BCUT2D eigenvalue weighted by molar-refractivity contribution is 6.32. The average Bonchev–Trinajstić information content (AvgIpc) is 2.42. The van der Waals surface area contributed by atoms with Crippen LogP contribution in [0.4, 0.5) is 4.39 Å². The Kier molecular flexibility index (Phi) is 4.20. The van der Waals surface area contributed by atoms with Gasteiger partial charge in [-0.15, -0.1) is 0 Å². The smallest absolute Gasteiger partial charge is 0.343 e. The Morgan fingerprint density at radius 1 is 1.35 bits per heavy atom. The number of carbonyl (C=O) groups excluding carboxylic acids is 1. The van der Waals surface area contributed by atoms with Gasteiger partial charge in [-0.25, -0.2) is 14.2 Å². The summed E-state index contributed by atoms with van der Waals surface area (Å²) in [5.41, 5.74) is 0.739. The topological polar surface area (TPSA) is 48.4 Å². The molecule has 0 aliphatic heterocycles. The molecular weight excluding hydrogens is 285 g/mol. The number of methoxy groups -OCH3 is 1. The number of carbonyl (C=O) groups is 1. The number of nitrogens with zero attached hydrogens (tertiary/aromatic N) is 1. The van der Waals surface area contributed by atoms with Crippen molar-refractivity contribution in [2.24, 2.45) is 0 Å². The van der Waals surface area contributed by atoms with E-state index in [-0.39, 0.29) is 22.2 Å². The Hall–Kier alpha value is -2.14. The second kappa shape index (κ2) is 5.88. The van der Waals surface area contributed by atoms with Crippen molar-refractivity contribution in [2.75, 3.05) is 7.11 Å². The van der Waals surface area contributed by atoms with Crippen molar-refractivity contribution in [2.45, 2.75) is 6.92 Å². The molecule has 0 bridgehead atoms. The van der Waals surface area contributed by atoms with Gasteiger partial charge >= 0.3 is 5.97 Å². The van der Waals surface area contributed by atoms with Gasteiger partial charge in [0.15, 0.2) is 11.6 Å². The van der Waals surface area contributed by atoms with Crippen molar-refractivity contribution in [3.05, 3.63) is 52.4 Å². The highest BCUT2D eigenvalue weighted by Crippen LogP contribution is 2.33. The van der Waals surface area contributed by atoms with Crippen molar-refractivity contribution >= 4 is 17.6 Å². The van der Waals surface area contributed by atoms with Crippen LogP contribution in [-0.4, -0.2) is 18.1 Å². The highest BCUT2D eigenvalue weighted by atomic mass is 35.5. The number of aryl methyl sites for hydroxylation is 1. The summed E-state index contributed by atoms with van der Waals surface area (Å²) in [6.07, 6.45) is 1.45. The molecule has 104 valence electrons. The van der Waals surface area contributed by atoms with E-state index in [1.165, 1.54) is 31.5 Å². The first-order valence-corrected chi connectivity index (χ1v) is 6.08. The number of hydrogen-bond acceptors (Lipinski definition) is 4. The summed E-state index contributed by atoms with van der Waals surface area (Å²) in [6.45, 7) is 1.70. The maximum atomic E-state index is 13.7. The molecule has 20 heavy (non-hydrogen) atoms. The zero-order valence-corrected chi connectivity index (χ0v) is 11.6. The monoisotopic (exact) mass is 295 g/mol. The van der Waals surface area contributed by atoms with Crippen molar-refractivity contribution in [1.29, 1.82) is 0 Å². The van der Waals surface area contributed by atoms with Crippen LogP contribution in [0.3, 0.4) is 0 Å². The van der Waals surface area contributed by atoms with Crippen LogP contribution >= 0.6 is 11.6 Å². The van der Waals surface area contributed by atoms with Crippen molar-refractivity contribution in [3.8, 4) is 11.6 Å². The summed E-state index contributed by atoms with van der Waals surface area (Å²) < 4.78 is 23.7. The van der Waals surface area contributed by atoms with Gasteiger partial charge in [0.1, 0.15) is 5.56 Å². The first-order valence-electron chi connectivity index (χ1n) is 5.70. The van der Waals surface area contributed by atoms with E-state index in [1.807, 2.05) is 0 Å². The Balaban J connectivity index is 2.49. The fourth-order valence-corrected chi connectivity index (χ4v) is 1.84. The largest absolute Gasteiger partial charge is 0.465 e. The molecule has 0 radical (unpaired) electrons. The molecule has 0 aliphatic rings. The first-order chi connectivity index (χ1) is 9.54. The van der Waals surface area contributed by atoms with Gasteiger partial charge in [0.2, 0.25) is 5.88 Å². The number of rotatable bonds is 3. The van der Waals surface area contributed by atoms with Crippen LogP contribution in [0.5, 0.6) is 11.6 Å². The first kappa shape index (κ1) is 14.3. The van der Waals surface area contributed by atoms with Gasteiger partial charge in [-0.2, -0.15) is 0 Å². The molecule has 2 rings (SSSR count). The maximum Gasteiger partial charge on any atom is 0.343 e. The number of benzene rings is 1. The molecule has 0 N–H and O–H groups in total. The minimum atomic E-state index is -0.642. The van der Waals surface area contributed by atoms with Gasteiger partial charge in [-0.1, -0.05) is 17.7 Å². The third kappa shape index (κ3) is 2.72. The zero-order chi connectivity index (χ0) is 14.7. The average molecular weight is 296 g/mol. The molecule has 0 saturated carbocycles. The van der Waals surface area contributed by atoms with E-state index in [4.69, 9.17) is 16.3 Å². The van der Waals surface area contributed by atoms with Crippen molar-refractivity contribution in [1.82, 2.24) is 4.98 Å². The lowest BCUT2D eigenvalue weighted by molar-refractivity contribution is 0.0596. The summed E-state index contributed by atoms with van der Waals surface area (Å²) in [5, 5.41) is 0.0871. The Bertz CT molecular complexity index is 641. The van der Waals surface area contributed by atoms with Gasteiger partial charge < -0.3 is 9.47 Å². The molecule has 1 heterocycles. The summed E-state index contributed by atoms with van der Waals surface area (Å²) in [6, 6.07) is 5.76. The van der Waals surface area contributed by atoms with Crippen LogP contribution in [0.15, 0.2) is 30.5 Å². The number of hydrogen-bond donors (Lipinski definition) is 0. The predicted molar refractivity (Wildman–Crippen MR) is 71.8 cm³/mol. The third-order valence-electron chi connectivity index (χ3n) is 2.63. The molecule has 0 aliphatic carbocycles. The minimum absolute atomic E-state index is 0.0520. The van der Waals surface area contributed by atoms with Gasteiger partial charge in [0, 0.05) is 6.20 Å². The quantitative estimate of drug-likeness (QED) is 0.809. The van der Waals surface area contributed by atoms with Crippen LogP contribution < -0.4 is 4.74 Å². The second-order valence-electron chi connectivity index (χ2n) is 3.95. The van der Waals surface area contributed by atoms with E-state index >= 15 is 0 Å². The number of esters is 1. The Labute approximate surface area is 120 Å². The van der Waals surface area contributed by atoms with Crippen LogP contribution in [0.25, 0.3) is 0 Å². The second-order valence-corrected chi connectivity index (χ2v) is 4.36. The van der Waals surface area contributed by atoms with Crippen LogP contribution in [0.1, 0.15) is 15.9 Å². The molecular formula is C14H11ClFNO3. The predicted octanol–water partition coefficient (Wildman–Crippen LogP) is 3.76. The molecule has 0 saturated heterocycles. The SMILES string of the molecule is COC(=O)c1c(C)ccnc1Oc1c(F)cccc1Cl. The molecule has 2 aromatic rings. The molecule has 0 fully saturated rings. The summed E-state index contributed by atoms with van der Waals surface area (Å²) in [7, 11) is 1.24. The van der Waals surface area contributed by atoms with Crippen molar-refractivity contribution in [3.63, 3.8) is 0 Å². The Morgan fingerprint density at radius 2 is 2.10 bits per heavy atom. The third-order valence-corrected chi connectivity index (χ3v) is 2.93. The molecule has 1 aromatic heterocycles. The minimum Gasteiger partial charge on any atom is -0.465 e. The van der Waals surface area contributed by atoms with Gasteiger partial charge in [0.25, 0.3) is 0 Å². The van der Waals surface area contributed by atoms with E-state index in [0.717, 1.165) is 0 Å². The molecule has 0 spiro atoms. The highest BCUT2D eigenvalue weighted by Gasteiger charge is 2.20. The summed E-state index contributed by atoms with van der Waals surface area (Å²) in [4.78, 5) is 15.7. The van der Waals surface area contributed by atoms with Gasteiger partial charge in [-0.05, 0) is 30.7 Å². The lowest BCUT2D eigenvalue weighted by Gasteiger charge is -2.12. The number of ether oxygens (including phenoxy) is 2. The Morgan fingerprint density at radius 3 is 2.75 bits per heavy atom. The zero-order valence-electron chi connectivity index (χ0n) is 10.8. The van der Waals surface area contributed by atoms with E-state index in [9.17, 15) is 9.18 Å². The van der Waals surface area contributed by atoms with E-state index < -0.39 is 11.8 Å². The fourth-order valence-electron chi connectivity index (χ4n) is 1.64. The normalized spacial score (nSPS) is 10.2. The van der Waals surface area contributed by atoms with Crippen LogP contribution in [0.2, 0.25) is 5.02 Å². The van der Waals surface area contributed by atoms with E-state index in [0.29, 0.717) is 5.56 Å². The molecule has 0 atom stereocenters. The van der Waals surface area contributed by atoms with Crippen LogP contribution in [0, 0.1) is 12.7 Å². The summed E-state index contributed by atoms with van der Waals surface area (Å²) in [5.74, 6) is -1.49. The lowest BCUT2D eigenvalue weighted by Crippen LogP contribution is -2.08. The molecule has 1 aromatic carbocycles. The van der Waals surface area contributed by atoms with Crippen molar-refractivity contribution < 1.29 is 18.7 Å².